The average Bonchev–Trinajstić information content (AvgIpc) is 2.23. The van der Waals surface area contributed by atoms with Crippen molar-refractivity contribution in [1.82, 2.24) is 5.32 Å². The van der Waals surface area contributed by atoms with Gasteiger partial charge in [-0.3, -0.25) is 4.79 Å². The van der Waals surface area contributed by atoms with Crippen LogP contribution >= 0.6 is 0 Å². The lowest BCUT2D eigenvalue weighted by Crippen LogP contribution is -2.50. The smallest absolute Gasteiger partial charge is 0.234 e. The fourth-order valence-corrected chi connectivity index (χ4v) is 2.73. The first-order valence-corrected chi connectivity index (χ1v) is 6.66. The molecule has 0 aromatic heterocycles. The topological polar surface area (TPSA) is 55.1 Å². The van der Waals surface area contributed by atoms with Crippen molar-refractivity contribution in [3.8, 4) is 0 Å². The van der Waals surface area contributed by atoms with Gasteiger partial charge in [0.2, 0.25) is 5.91 Å². The highest BCUT2D eigenvalue weighted by atomic mass is 16.1. The third-order valence-corrected chi connectivity index (χ3v) is 3.68. The molecule has 1 aliphatic rings. The predicted octanol–water partition coefficient (Wildman–Crippen LogP) is 2.22. The highest BCUT2D eigenvalue weighted by Gasteiger charge is 2.30. The number of rotatable bonds is 5. The molecule has 0 bridgehead atoms. The van der Waals surface area contributed by atoms with Crippen LogP contribution in [0.4, 0.5) is 0 Å². The third kappa shape index (κ3) is 4.15. The van der Waals surface area contributed by atoms with Crippen LogP contribution in [-0.4, -0.2) is 18.0 Å². The average molecular weight is 238 g/mol. The molecule has 1 aliphatic carbocycles. The molecule has 0 saturated carbocycles. The van der Waals surface area contributed by atoms with Gasteiger partial charge in [-0.2, -0.15) is 0 Å². The lowest BCUT2D eigenvalue weighted by atomic mass is 9.79. The summed E-state index contributed by atoms with van der Waals surface area (Å²) in [6.45, 7) is 8.57. The van der Waals surface area contributed by atoms with Gasteiger partial charge in [-0.25, -0.2) is 0 Å². The Labute approximate surface area is 105 Å². The SMILES string of the molecule is CCC(C)NC(C(N)=O)C1CC(C)=CC(C)C1. The van der Waals surface area contributed by atoms with Gasteiger partial charge < -0.3 is 11.1 Å². The second-order valence-electron chi connectivity index (χ2n) is 5.55. The highest BCUT2D eigenvalue weighted by Crippen LogP contribution is 2.30. The van der Waals surface area contributed by atoms with E-state index >= 15 is 0 Å². The Morgan fingerprint density at radius 1 is 1.65 bits per heavy atom. The lowest BCUT2D eigenvalue weighted by molar-refractivity contribution is -0.121. The minimum Gasteiger partial charge on any atom is -0.368 e. The van der Waals surface area contributed by atoms with Gasteiger partial charge in [0.05, 0.1) is 6.04 Å². The van der Waals surface area contributed by atoms with Crippen LogP contribution in [0.15, 0.2) is 11.6 Å². The molecule has 0 aliphatic heterocycles. The Bertz CT molecular complexity index is 299. The number of amides is 1. The van der Waals surface area contributed by atoms with Gasteiger partial charge in [-0.15, -0.1) is 0 Å². The first kappa shape index (κ1) is 14.2. The molecular weight excluding hydrogens is 212 g/mol. The highest BCUT2D eigenvalue weighted by molar-refractivity contribution is 5.80. The van der Waals surface area contributed by atoms with Crippen molar-refractivity contribution in [2.24, 2.45) is 17.6 Å². The summed E-state index contributed by atoms with van der Waals surface area (Å²) in [4.78, 5) is 11.6. The van der Waals surface area contributed by atoms with Gasteiger partial charge in [0.25, 0.3) is 0 Å². The van der Waals surface area contributed by atoms with Gasteiger partial charge >= 0.3 is 0 Å². The maximum atomic E-state index is 11.6. The quantitative estimate of drug-likeness (QED) is 0.722. The first-order chi connectivity index (χ1) is 7.93. The Hall–Kier alpha value is -0.830. The molecule has 0 aromatic rings. The summed E-state index contributed by atoms with van der Waals surface area (Å²) in [5.74, 6) is 0.688. The summed E-state index contributed by atoms with van der Waals surface area (Å²) in [5.41, 5.74) is 6.92. The molecule has 0 aromatic carbocycles. The second kappa shape index (κ2) is 6.20. The van der Waals surface area contributed by atoms with Crippen LogP contribution in [0.1, 0.15) is 47.0 Å². The Morgan fingerprint density at radius 2 is 2.29 bits per heavy atom. The summed E-state index contributed by atoms with van der Waals surface area (Å²) in [5, 5.41) is 3.38. The normalized spacial score (nSPS) is 28.4. The minimum absolute atomic E-state index is 0.184. The van der Waals surface area contributed by atoms with Crippen LogP contribution in [0.2, 0.25) is 0 Å². The Kier molecular flexibility index (Phi) is 5.19. The van der Waals surface area contributed by atoms with E-state index in [1.807, 2.05) is 0 Å². The number of primary amides is 1. The number of allylic oxidation sites excluding steroid dienone is 2. The van der Waals surface area contributed by atoms with Crippen LogP contribution in [0.25, 0.3) is 0 Å². The van der Waals surface area contributed by atoms with E-state index in [1.165, 1.54) is 5.57 Å². The monoisotopic (exact) mass is 238 g/mol. The molecule has 0 spiro atoms. The van der Waals surface area contributed by atoms with Crippen LogP contribution in [-0.2, 0) is 4.79 Å². The molecule has 3 nitrogen and oxygen atoms in total. The van der Waals surface area contributed by atoms with E-state index in [4.69, 9.17) is 5.73 Å². The maximum Gasteiger partial charge on any atom is 0.234 e. The lowest BCUT2D eigenvalue weighted by Gasteiger charge is -2.32. The zero-order chi connectivity index (χ0) is 13.0. The number of nitrogens with two attached hydrogens (primary N) is 1. The van der Waals surface area contributed by atoms with Crippen LogP contribution in [0.3, 0.4) is 0 Å². The van der Waals surface area contributed by atoms with Crippen molar-refractivity contribution in [2.75, 3.05) is 0 Å². The standard InChI is InChI=1S/C14H26N2O/c1-5-11(4)16-13(14(15)17)12-7-9(2)6-10(3)8-12/h6,9,11-13,16H,5,7-8H2,1-4H3,(H2,15,17). The summed E-state index contributed by atoms with van der Waals surface area (Å²) in [6, 6.07) is 0.157. The molecule has 0 fully saturated rings. The Morgan fingerprint density at radius 3 is 2.76 bits per heavy atom. The van der Waals surface area contributed by atoms with E-state index in [-0.39, 0.29) is 11.9 Å². The number of nitrogens with one attached hydrogen (secondary N) is 1. The van der Waals surface area contributed by atoms with E-state index < -0.39 is 0 Å². The van der Waals surface area contributed by atoms with Crippen molar-refractivity contribution < 1.29 is 4.79 Å². The Balaban J connectivity index is 2.71. The summed E-state index contributed by atoms with van der Waals surface area (Å²) >= 11 is 0. The third-order valence-electron chi connectivity index (χ3n) is 3.68. The number of carbonyl (C=O) groups is 1. The molecule has 4 atom stereocenters. The largest absolute Gasteiger partial charge is 0.368 e. The van der Waals surface area contributed by atoms with Crippen molar-refractivity contribution in [3.63, 3.8) is 0 Å². The zero-order valence-electron chi connectivity index (χ0n) is 11.5. The molecule has 0 radical (unpaired) electrons. The van der Waals surface area contributed by atoms with E-state index in [2.05, 4.69) is 39.1 Å². The van der Waals surface area contributed by atoms with Crippen LogP contribution < -0.4 is 11.1 Å². The van der Waals surface area contributed by atoms with Gasteiger partial charge in [0.1, 0.15) is 0 Å². The van der Waals surface area contributed by atoms with E-state index in [0.29, 0.717) is 17.9 Å². The summed E-state index contributed by atoms with van der Waals surface area (Å²) in [7, 11) is 0. The van der Waals surface area contributed by atoms with Crippen molar-refractivity contribution in [1.29, 1.82) is 0 Å². The second-order valence-corrected chi connectivity index (χ2v) is 5.55. The van der Waals surface area contributed by atoms with Crippen molar-refractivity contribution in [3.05, 3.63) is 11.6 Å². The molecule has 3 N–H and O–H groups in total. The van der Waals surface area contributed by atoms with Crippen LogP contribution in [0, 0.1) is 11.8 Å². The van der Waals surface area contributed by atoms with Gasteiger partial charge in [-0.05, 0) is 44.9 Å². The fraction of sp³-hybridized carbons (Fsp3) is 0.786. The van der Waals surface area contributed by atoms with Gasteiger partial charge in [0, 0.05) is 6.04 Å². The van der Waals surface area contributed by atoms with Crippen molar-refractivity contribution >= 4 is 5.91 Å². The molecule has 1 amide bonds. The first-order valence-electron chi connectivity index (χ1n) is 6.66. The van der Waals surface area contributed by atoms with Gasteiger partial charge in [0.15, 0.2) is 0 Å². The van der Waals surface area contributed by atoms with Crippen molar-refractivity contribution in [2.45, 2.75) is 59.0 Å². The van der Waals surface area contributed by atoms with E-state index in [0.717, 1.165) is 19.3 Å². The molecule has 3 heteroatoms. The van der Waals surface area contributed by atoms with Gasteiger partial charge in [-0.1, -0.05) is 25.5 Å². The molecule has 98 valence electrons. The molecular formula is C14H26N2O. The summed E-state index contributed by atoms with van der Waals surface area (Å²) < 4.78 is 0. The molecule has 4 unspecified atom stereocenters. The molecule has 0 saturated heterocycles. The van der Waals surface area contributed by atoms with E-state index in [1.54, 1.807) is 0 Å². The predicted molar refractivity (Wildman–Crippen MR) is 71.5 cm³/mol. The van der Waals surface area contributed by atoms with E-state index in [9.17, 15) is 4.79 Å². The number of hydrogen-bond acceptors (Lipinski definition) is 2. The minimum atomic E-state index is -0.211. The number of hydrogen-bond donors (Lipinski definition) is 2. The number of carbonyl (C=O) groups excluding carboxylic acids is 1. The zero-order valence-corrected chi connectivity index (χ0v) is 11.5. The molecule has 1 rings (SSSR count). The molecule has 0 heterocycles. The maximum absolute atomic E-state index is 11.6. The van der Waals surface area contributed by atoms with Crippen LogP contribution in [0.5, 0.6) is 0 Å². The summed E-state index contributed by atoms with van der Waals surface area (Å²) in [6.07, 6.45) is 5.36. The fourth-order valence-electron chi connectivity index (χ4n) is 2.73. The molecule has 17 heavy (non-hydrogen) atoms.